The Balaban J connectivity index is 2.04. The second-order valence-electron chi connectivity index (χ2n) is 17.1. The van der Waals surface area contributed by atoms with Gasteiger partial charge in [-0.25, -0.2) is 0 Å². The van der Waals surface area contributed by atoms with Crippen molar-refractivity contribution < 1.29 is 28.5 Å². The van der Waals surface area contributed by atoms with Crippen LogP contribution in [0.15, 0.2) is 48.6 Å². The first kappa shape index (κ1) is 56.2. The first-order chi connectivity index (χ1) is 29.8. The molecule has 1 aliphatic heterocycles. The van der Waals surface area contributed by atoms with Crippen LogP contribution >= 0.6 is 0 Å². The zero-order valence-corrected chi connectivity index (χ0v) is 39.6. The van der Waals surface area contributed by atoms with E-state index < -0.39 is 6.10 Å². The predicted octanol–water partition coefficient (Wildman–Crippen LogP) is 14.9. The molecule has 0 unspecified atom stereocenters. The topological polar surface area (TPSA) is 66.5 Å². The van der Waals surface area contributed by atoms with Crippen LogP contribution in [0.4, 0.5) is 0 Å². The van der Waals surface area contributed by atoms with Gasteiger partial charge < -0.3 is 28.6 Å². The molecule has 1 aliphatic rings. The summed E-state index contributed by atoms with van der Waals surface area (Å²) in [5.41, 5.74) is 0. The van der Waals surface area contributed by atoms with Crippen molar-refractivity contribution in [3.63, 3.8) is 0 Å². The van der Waals surface area contributed by atoms with E-state index in [1.807, 2.05) is 0 Å². The number of hydrogen-bond donors (Lipinski definition) is 0. The van der Waals surface area contributed by atoms with E-state index in [0.29, 0.717) is 19.6 Å². The first-order valence-corrected chi connectivity index (χ1v) is 25.6. The molecule has 60 heavy (non-hydrogen) atoms. The maximum atomic E-state index is 12.7. The van der Waals surface area contributed by atoms with Crippen LogP contribution < -0.4 is 0 Å². The zero-order valence-electron chi connectivity index (χ0n) is 39.6. The molecule has 7 heteroatoms. The van der Waals surface area contributed by atoms with E-state index in [2.05, 4.69) is 67.4 Å². The van der Waals surface area contributed by atoms with E-state index >= 15 is 0 Å². The molecular weight excluding hydrogens is 747 g/mol. The van der Waals surface area contributed by atoms with Gasteiger partial charge in [-0.05, 0) is 116 Å². The van der Waals surface area contributed by atoms with Gasteiger partial charge in [0.15, 0.2) is 0 Å². The lowest BCUT2D eigenvalue weighted by Gasteiger charge is -2.19. The Labute approximate surface area is 371 Å². The van der Waals surface area contributed by atoms with Crippen molar-refractivity contribution in [2.24, 2.45) is 0 Å². The maximum Gasteiger partial charge on any atom is 0.306 e. The van der Waals surface area contributed by atoms with Crippen molar-refractivity contribution in [1.82, 2.24) is 4.90 Å². The van der Waals surface area contributed by atoms with Gasteiger partial charge in [0.25, 0.3) is 0 Å². The average Bonchev–Trinajstić information content (AvgIpc) is 3.78. The van der Waals surface area contributed by atoms with Crippen molar-refractivity contribution in [3.05, 3.63) is 48.6 Å². The van der Waals surface area contributed by atoms with Crippen molar-refractivity contribution in [3.8, 4) is 0 Å². The molecule has 0 aliphatic carbocycles. The summed E-state index contributed by atoms with van der Waals surface area (Å²) in [6.07, 6.45) is 57.2. The number of allylic oxidation sites excluding steroid dienone is 8. The third kappa shape index (κ3) is 42.9. The monoisotopic (exact) mass is 844 g/mol. The molecule has 350 valence electrons. The van der Waals surface area contributed by atoms with Crippen LogP contribution in [0.5, 0.6) is 0 Å². The number of likely N-dealkylation sites (tertiary alicyclic amines) is 1. The molecule has 1 heterocycles. The highest BCUT2D eigenvalue weighted by atomic mass is 16.7. The van der Waals surface area contributed by atoms with Gasteiger partial charge in [-0.15, -0.1) is 0 Å². The summed E-state index contributed by atoms with van der Waals surface area (Å²) in [4.78, 5) is 15.1. The highest BCUT2D eigenvalue weighted by molar-refractivity contribution is 5.69. The van der Waals surface area contributed by atoms with Crippen molar-refractivity contribution in [1.29, 1.82) is 0 Å². The van der Waals surface area contributed by atoms with Crippen LogP contribution in [0.3, 0.4) is 0 Å². The third-order valence-electron chi connectivity index (χ3n) is 11.3. The van der Waals surface area contributed by atoms with Gasteiger partial charge >= 0.3 is 5.97 Å². The smallest absolute Gasteiger partial charge is 0.306 e. The van der Waals surface area contributed by atoms with Crippen LogP contribution in [-0.4, -0.2) is 76.6 Å². The van der Waals surface area contributed by atoms with Crippen LogP contribution in [0, 0.1) is 0 Å². The van der Waals surface area contributed by atoms with Crippen LogP contribution in [0.1, 0.15) is 219 Å². The molecule has 1 saturated heterocycles. The molecule has 0 radical (unpaired) electrons. The normalized spacial score (nSPS) is 13.8. The van der Waals surface area contributed by atoms with E-state index in [1.54, 1.807) is 0 Å². The van der Waals surface area contributed by atoms with Crippen LogP contribution in [0.25, 0.3) is 0 Å². The number of carbonyl (C=O) groups is 1. The largest absolute Gasteiger partial charge is 0.457 e. The van der Waals surface area contributed by atoms with Gasteiger partial charge in [0.2, 0.25) is 0 Å². The lowest BCUT2D eigenvalue weighted by molar-refractivity contribution is -0.165. The molecule has 0 aromatic carbocycles. The molecule has 0 aromatic rings. The van der Waals surface area contributed by atoms with Gasteiger partial charge in [-0.3, -0.25) is 4.79 Å². The first-order valence-electron chi connectivity index (χ1n) is 25.6. The van der Waals surface area contributed by atoms with Gasteiger partial charge in [0, 0.05) is 19.6 Å². The SMILES string of the molecule is CCCCC/C=C\C/C=C\CCCCCCCCCCOCOCC(COCOCCCCCCCCCC/C=C\C/C=C\CCCCC)OC(=O)CCCN1CCCC1. The average molecular weight is 844 g/mol. The molecule has 0 bridgehead atoms. The fourth-order valence-electron chi connectivity index (χ4n) is 7.50. The minimum Gasteiger partial charge on any atom is -0.457 e. The third-order valence-corrected chi connectivity index (χ3v) is 11.3. The van der Waals surface area contributed by atoms with Crippen molar-refractivity contribution in [2.45, 2.75) is 225 Å². The van der Waals surface area contributed by atoms with Crippen LogP contribution in [0.2, 0.25) is 0 Å². The number of ether oxygens (including phenoxy) is 5. The Bertz CT molecular complexity index is 930. The number of nitrogens with zero attached hydrogens (tertiary/aromatic N) is 1. The summed E-state index contributed by atoms with van der Waals surface area (Å²) in [7, 11) is 0. The van der Waals surface area contributed by atoms with Gasteiger partial charge in [-0.2, -0.15) is 0 Å². The summed E-state index contributed by atoms with van der Waals surface area (Å²) < 4.78 is 28.8. The molecule has 1 fully saturated rings. The number of esters is 1. The number of carbonyl (C=O) groups excluding carboxylic acids is 1. The highest BCUT2D eigenvalue weighted by Crippen LogP contribution is 2.13. The van der Waals surface area contributed by atoms with E-state index in [9.17, 15) is 4.79 Å². The fraction of sp³-hybridized carbons (Fsp3) is 0.830. The Morgan fingerprint density at radius 1 is 0.467 bits per heavy atom. The minimum absolute atomic E-state index is 0.185. The molecule has 7 nitrogen and oxygen atoms in total. The van der Waals surface area contributed by atoms with E-state index in [1.165, 1.54) is 167 Å². The molecular formula is C53H97NO6. The van der Waals surface area contributed by atoms with Crippen molar-refractivity contribution in [2.75, 3.05) is 59.6 Å². The standard InChI is InChI=1S/C53H97NO6/c1-3-5-7-9-11-13-15-17-19-21-23-25-27-29-31-33-35-39-46-56-50-58-48-52(60-53(55)42-41-45-54-43-37-38-44-54)49-59-51-57-47-40-36-34-32-30-28-26-24-22-20-18-16-14-12-10-8-6-4-2/h11-14,17-20,52H,3-10,15-16,21-51H2,1-2H3/b13-11-,14-12-,19-17-,20-18-. The molecule has 0 saturated carbocycles. The summed E-state index contributed by atoms with van der Waals surface area (Å²) in [6.45, 7) is 10.1. The summed E-state index contributed by atoms with van der Waals surface area (Å²) in [5.74, 6) is -0.185. The molecule has 0 atom stereocenters. The molecule has 0 N–H and O–H groups in total. The van der Waals surface area contributed by atoms with Gasteiger partial charge in [0.05, 0.1) is 13.2 Å². The zero-order chi connectivity index (χ0) is 42.9. The molecule has 0 spiro atoms. The number of unbranched alkanes of at least 4 members (excludes halogenated alkanes) is 22. The summed E-state index contributed by atoms with van der Waals surface area (Å²) in [6, 6.07) is 0. The second-order valence-corrected chi connectivity index (χ2v) is 17.1. The van der Waals surface area contributed by atoms with Crippen molar-refractivity contribution >= 4 is 5.97 Å². The predicted molar refractivity (Wildman–Crippen MR) is 256 cm³/mol. The number of hydrogen-bond acceptors (Lipinski definition) is 7. The van der Waals surface area contributed by atoms with Gasteiger partial charge in [-0.1, -0.05) is 165 Å². The molecule has 0 aromatic heterocycles. The quantitative estimate of drug-likeness (QED) is 0.0262. The van der Waals surface area contributed by atoms with E-state index in [-0.39, 0.29) is 32.8 Å². The Morgan fingerprint density at radius 3 is 1.27 bits per heavy atom. The second kappa shape index (κ2) is 48.3. The van der Waals surface area contributed by atoms with Crippen LogP contribution in [-0.2, 0) is 28.5 Å². The Morgan fingerprint density at radius 2 is 0.850 bits per heavy atom. The Kier molecular flexibility index (Phi) is 45.2. The summed E-state index contributed by atoms with van der Waals surface area (Å²) >= 11 is 0. The molecule has 0 amide bonds. The molecule has 1 rings (SSSR count). The Hall–Kier alpha value is -1.77. The minimum atomic E-state index is -0.465. The number of rotatable bonds is 47. The lowest BCUT2D eigenvalue weighted by atomic mass is 10.1. The maximum absolute atomic E-state index is 12.7. The lowest BCUT2D eigenvalue weighted by Crippen LogP contribution is -2.30. The van der Waals surface area contributed by atoms with E-state index in [4.69, 9.17) is 23.7 Å². The highest BCUT2D eigenvalue weighted by Gasteiger charge is 2.17. The van der Waals surface area contributed by atoms with E-state index in [0.717, 1.165) is 51.7 Å². The van der Waals surface area contributed by atoms with Gasteiger partial charge in [0.1, 0.15) is 19.7 Å². The summed E-state index contributed by atoms with van der Waals surface area (Å²) in [5, 5.41) is 0. The fourth-order valence-corrected chi connectivity index (χ4v) is 7.50.